The van der Waals surface area contributed by atoms with Crippen LogP contribution in [-0.4, -0.2) is 6.36 Å². The minimum absolute atomic E-state index is 0.0698. The third-order valence-corrected chi connectivity index (χ3v) is 2.40. The monoisotopic (exact) mass is 271 g/mol. The van der Waals surface area contributed by atoms with Crippen molar-refractivity contribution >= 4 is 5.69 Å². The maximum absolute atomic E-state index is 13.0. The summed E-state index contributed by atoms with van der Waals surface area (Å²) >= 11 is 0. The zero-order chi connectivity index (χ0) is 14.0. The fourth-order valence-corrected chi connectivity index (χ4v) is 1.60. The predicted octanol–water partition coefficient (Wildman–Crippen LogP) is 3.97. The molecule has 2 N–H and O–H groups in total. The van der Waals surface area contributed by atoms with Crippen LogP contribution in [0.25, 0.3) is 11.1 Å². The lowest BCUT2D eigenvalue weighted by Crippen LogP contribution is -2.17. The molecule has 0 aliphatic heterocycles. The number of alkyl halides is 3. The lowest BCUT2D eigenvalue weighted by atomic mass is 10.0. The lowest BCUT2D eigenvalue weighted by molar-refractivity contribution is -0.274. The summed E-state index contributed by atoms with van der Waals surface area (Å²) in [7, 11) is 0. The van der Waals surface area contributed by atoms with E-state index in [9.17, 15) is 17.6 Å². The van der Waals surface area contributed by atoms with E-state index in [-0.39, 0.29) is 11.4 Å². The summed E-state index contributed by atoms with van der Waals surface area (Å²) in [5.74, 6) is -0.917. The Kier molecular flexibility index (Phi) is 3.33. The molecule has 2 aromatic carbocycles. The number of rotatable bonds is 2. The number of ether oxygens (including phenoxy) is 1. The van der Waals surface area contributed by atoms with E-state index in [1.54, 1.807) is 6.07 Å². The van der Waals surface area contributed by atoms with Gasteiger partial charge in [-0.3, -0.25) is 0 Å². The van der Waals surface area contributed by atoms with Gasteiger partial charge in [-0.05, 0) is 35.4 Å². The summed E-state index contributed by atoms with van der Waals surface area (Å²) in [6.07, 6.45) is -4.75. The molecule has 19 heavy (non-hydrogen) atoms. The predicted molar refractivity (Wildman–Crippen MR) is 62.9 cm³/mol. The molecule has 0 radical (unpaired) electrons. The quantitative estimate of drug-likeness (QED) is 0.662. The van der Waals surface area contributed by atoms with Crippen molar-refractivity contribution < 1.29 is 22.3 Å². The number of benzene rings is 2. The number of nitrogens with two attached hydrogens (primary N) is 1. The van der Waals surface area contributed by atoms with Gasteiger partial charge in [0.1, 0.15) is 11.6 Å². The molecule has 0 bridgehead atoms. The molecule has 0 aliphatic rings. The van der Waals surface area contributed by atoms with Gasteiger partial charge in [0, 0.05) is 0 Å². The summed E-state index contributed by atoms with van der Waals surface area (Å²) in [5, 5.41) is 0. The number of hydrogen-bond acceptors (Lipinski definition) is 2. The van der Waals surface area contributed by atoms with Crippen LogP contribution in [0.1, 0.15) is 0 Å². The number of hydrogen-bond donors (Lipinski definition) is 1. The lowest BCUT2D eigenvalue weighted by Gasteiger charge is -2.10. The van der Waals surface area contributed by atoms with Gasteiger partial charge in [0.15, 0.2) is 0 Å². The van der Waals surface area contributed by atoms with Crippen molar-refractivity contribution in [1.82, 2.24) is 0 Å². The van der Waals surface area contributed by atoms with Crippen molar-refractivity contribution in [2.24, 2.45) is 0 Å². The highest BCUT2D eigenvalue weighted by atomic mass is 19.4. The van der Waals surface area contributed by atoms with E-state index in [1.807, 2.05) is 0 Å². The van der Waals surface area contributed by atoms with Gasteiger partial charge in [-0.15, -0.1) is 13.2 Å². The topological polar surface area (TPSA) is 35.2 Å². The number of halogens is 4. The fraction of sp³-hybridized carbons (Fsp3) is 0.0769. The maximum atomic E-state index is 13.0. The molecule has 0 saturated carbocycles. The van der Waals surface area contributed by atoms with Crippen LogP contribution in [-0.2, 0) is 0 Å². The average molecular weight is 271 g/mol. The summed E-state index contributed by atoms with van der Waals surface area (Å²) in [5.41, 5.74) is 6.30. The first-order valence-corrected chi connectivity index (χ1v) is 5.26. The molecule has 2 rings (SSSR count). The number of nitrogen functional groups attached to an aromatic ring is 1. The summed E-state index contributed by atoms with van der Waals surface area (Å²) in [6, 6.07) is 9.32. The van der Waals surface area contributed by atoms with Crippen molar-refractivity contribution in [2.75, 3.05) is 5.73 Å². The Morgan fingerprint density at radius 3 is 2.26 bits per heavy atom. The standard InChI is InChI=1S/C13H9F4NO/c14-11-5-4-9(7-12(11)18)8-2-1-3-10(6-8)19-13(15,16)17/h1-7H,18H2. The second-order valence-electron chi connectivity index (χ2n) is 3.81. The molecule has 2 nitrogen and oxygen atoms in total. The van der Waals surface area contributed by atoms with Gasteiger partial charge in [0.05, 0.1) is 5.69 Å². The fourth-order valence-electron chi connectivity index (χ4n) is 1.60. The van der Waals surface area contributed by atoms with E-state index in [0.717, 1.165) is 6.07 Å². The molecule has 0 spiro atoms. The van der Waals surface area contributed by atoms with Crippen LogP contribution in [0.4, 0.5) is 23.2 Å². The average Bonchev–Trinajstić information content (AvgIpc) is 2.31. The molecule has 0 atom stereocenters. The van der Waals surface area contributed by atoms with Gasteiger partial charge in [-0.1, -0.05) is 18.2 Å². The Balaban J connectivity index is 2.35. The first-order chi connectivity index (χ1) is 8.85. The van der Waals surface area contributed by atoms with E-state index in [4.69, 9.17) is 5.73 Å². The molecule has 0 fully saturated rings. The van der Waals surface area contributed by atoms with E-state index in [1.165, 1.54) is 30.3 Å². The third kappa shape index (κ3) is 3.37. The Morgan fingerprint density at radius 1 is 0.947 bits per heavy atom. The summed E-state index contributed by atoms with van der Waals surface area (Å²) < 4.78 is 53.1. The van der Waals surface area contributed by atoms with Gasteiger partial charge in [0.25, 0.3) is 0 Å². The molecule has 0 unspecified atom stereocenters. The summed E-state index contributed by atoms with van der Waals surface area (Å²) in [6.45, 7) is 0. The van der Waals surface area contributed by atoms with Crippen LogP contribution >= 0.6 is 0 Å². The molecular weight excluding hydrogens is 262 g/mol. The molecule has 0 aromatic heterocycles. The van der Waals surface area contributed by atoms with E-state index in [0.29, 0.717) is 11.1 Å². The second-order valence-corrected chi connectivity index (χ2v) is 3.81. The van der Waals surface area contributed by atoms with Crippen LogP contribution in [0.3, 0.4) is 0 Å². The SMILES string of the molecule is Nc1cc(-c2cccc(OC(F)(F)F)c2)ccc1F. The number of anilines is 1. The molecule has 0 heterocycles. The van der Waals surface area contributed by atoms with E-state index >= 15 is 0 Å². The second kappa shape index (κ2) is 4.79. The molecule has 6 heteroatoms. The van der Waals surface area contributed by atoms with Gasteiger partial charge in [-0.25, -0.2) is 4.39 Å². The van der Waals surface area contributed by atoms with Crippen molar-refractivity contribution in [3.05, 3.63) is 48.3 Å². The van der Waals surface area contributed by atoms with Crippen molar-refractivity contribution in [3.8, 4) is 16.9 Å². The van der Waals surface area contributed by atoms with Crippen molar-refractivity contribution in [1.29, 1.82) is 0 Å². The molecular formula is C13H9F4NO. The van der Waals surface area contributed by atoms with Crippen molar-refractivity contribution in [2.45, 2.75) is 6.36 Å². The van der Waals surface area contributed by atoms with Gasteiger partial charge < -0.3 is 10.5 Å². The highest BCUT2D eigenvalue weighted by molar-refractivity contribution is 5.68. The van der Waals surface area contributed by atoms with Gasteiger partial charge >= 0.3 is 6.36 Å². The smallest absolute Gasteiger partial charge is 0.406 e. The van der Waals surface area contributed by atoms with Crippen LogP contribution in [0.2, 0.25) is 0 Å². The van der Waals surface area contributed by atoms with Crippen LogP contribution < -0.4 is 10.5 Å². The molecule has 0 saturated heterocycles. The highest BCUT2D eigenvalue weighted by Gasteiger charge is 2.31. The van der Waals surface area contributed by atoms with Crippen molar-refractivity contribution in [3.63, 3.8) is 0 Å². The molecule has 100 valence electrons. The van der Waals surface area contributed by atoms with Gasteiger partial charge in [0.2, 0.25) is 0 Å². The summed E-state index contributed by atoms with van der Waals surface area (Å²) in [4.78, 5) is 0. The van der Waals surface area contributed by atoms with E-state index in [2.05, 4.69) is 4.74 Å². The zero-order valence-corrected chi connectivity index (χ0v) is 9.54. The van der Waals surface area contributed by atoms with Crippen LogP contribution in [0.5, 0.6) is 5.75 Å². The maximum Gasteiger partial charge on any atom is 0.573 e. The highest BCUT2D eigenvalue weighted by Crippen LogP contribution is 2.29. The van der Waals surface area contributed by atoms with Gasteiger partial charge in [-0.2, -0.15) is 0 Å². The largest absolute Gasteiger partial charge is 0.573 e. The molecule has 0 amide bonds. The molecule has 2 aromatic rings. The molecule has 0 aliphatic carbocycles. The zero-order valence-electron chi connectivity index (χ0n) is 9.54. The van der Waals surface area contributed by atoms with Crippen LogP contribution in [0.15, 0.2) is 42.5 Å². The first kappa shape index (κ1) is 13.2. The Morgan fingerprint density at radius 2 is 1.63 bits per heavy atom. The minimum atomic E-state index is -4.75. The van der Waals surface area contributed by atoms with E-state index < -0.39 is 12.2 Å². The normalized spacial score (nSPS) is 11.4. The Bertz CT molecular complexity index is 595. The minimum Gasteiger partial charge on any atom is -0.406 e. The first-order valence-electron chi connectivity index (χ1n) is 5.26. The third-order valence-electron chi connectivity index (χ3n) is 2.40. The Labute approximate surface area is 106 Å². The van der Waals surface area contributed by atoms with Crippen LogP contribution in [0, 0.1) is 5.82 Å². The Hall–Kier alpha value is -2.24.